The Morgan fingerprint density at radius 2 is 1.93 bits per heavy atom. The van der Waals surface area contributed by atoms with E-state index < -0.39 is 29.5 Å². The molecule has 4 rings (SSSR count). The van der Waals surface area contributed by atoms with Gasteiger partial charge >= 0.3 is 0 Å². The van der Waals surface area contributed by atoms with Crippen molar-refractivity contribution in [2.75, 3.05) is 6.61 Å². The Balaban J connectivity index is 1.81. The summed E-state index contributed by atoms with van der Waals surface area (Å²) in [6, 6.07) is 0. The molecular weight excluding hydrogens is 356 g/mol. The molecule has 0 aromatic heterocycles. The largest absolute Gasteiger partial charge is 0.393 e. The summed E-state index contributed by atoms with van der Waals surface area (Å²) in [6.07, 6.45) is 6.50. The molecule has 0 aliphatic heterocycles. The molecule has 0 amide bonds. The zero-order valence-electron chi connectivity index (χ0n) is 17.2. The maximum absolute atomic E-state index is 12.6. The summed E-state index contributed by atoms with van der Waals surface area (Å²) in [5, 5.41) is 32.3. The number of Topliss-reactive ketones (excluding diaryl/α,β-unsaturated/α-hetero) is 1. The number of carbonyl (C=O) groups is 2. The molecule has 0 bridgehead atoms. The van der Waals surface area contributed by atoms with Crippen LogP contribution in [0.15, 0.2) is 23.8 Å². The number of carbonyl (C=O) groups excluding carboxylic acids is 2. The number of rotatable bonds is 2. The Kier molecular flexibility index (Phi) is 4.36. The minimum absolute atomic E-state index is 0.00492. The normalized spacial score (nSPS) is 52.5. The van der Waals surface area contributed by atoms with Crippen LogP contribution in [0.5, 0.6) is 0 Å². The number of ketones is 2. The van der Waals surface area contributed by atoms with E-state index in [1.165, 1.54) is 0 Å². The van der Waals surface area contributed by atoms with Crippen molar-refractivity contribution in [3.63, 3.8) is 0 Å². The van der Waals surface area contributed by atoms with Gasteiger partial charge in [0.05, 0.1) is 6.10 Å². The first-order chi connectivity index (χ1) is 13.0. The van der Waals surface area contributed by atoms with Crippen molar-refractivity contribution in [1.29, 1.82) is 0 Å². The summed E-state index contributed by atoms with van der Waals surface area (Å²) in [5.41, 5.74) is -1.67. The molecule has 3 N–H and O–H groups in total. The SMILES string of the molecule is C[C@@H]1C[C@H]2[C@@H]3C[C@H](C)C4=CC(=O)C=C[C@]4(C)[C@H]3[C@@H](O)C[C@]2(C)[C@@]1(O)C(=O)CO. The van der Waals surface area contributed by atoms with Crippen molar-refractivity contribution in [2.45, 2.75) is 58.7 Å². The van der Waals surface area contributed by atoms with Crippen molar-refractivity contribution >= 4 is 11.6 Å². The zero-order chi connectivity index (χ0) is 20.6. The molecule has 9 atom stereocenters. The van der Waals surface area contributed by atoms with E-state index in [1.807, 2.05) is 19.9 Å². The van der Waals surface area contributed by atoms with Crippen molar-refractivity contribution < 1.29 is 24.9 Å². The molecule has 0 spiro atoms. The summed E-state index contributed by atoms with van der Waals surface area (Å²) in [4.78, 5) is 24.6. The second kappa shape index (κ2) is 6.10. The highest BCUT2D eigenvalue weighted by molar-refractivity contribution is 6.01. The lowest BCUT2D eigenvalue weighted by molar-refractivity contribution is -0.185. The Hall–Kier alpha value is -1.30. The van der Waals surface area contributed by atoms with E-state index in [0.717, 1.165) is 12.0 Å². The van der Waals surface area contributed by atoms with Gasteiger partial charge in [0, 0.05) is 16.7 Å². The molecular formula is C23H32O5. The van der Waals surface area contributed by atoms with Crippen LogP contribution in [0.2, 0.25) is 0 Å². The van der Waals surface area contributed by atoms with Crippen LogP contribution in [0.25, 0.3) is 0 Å². The fraction of sp³-hybridized carbons (Fsp3) is 0.739. The van der Waals surface area contributed by atoms with Gasteiger partial charge in [-0.3, -0.25) is 9.59 Å². The molecule has 4 aliphatic rings. The van der Waals surface area contributed by atoms with Gasteiger partial charge in [-0.1, -0.05) is 39.3 Å². The summed E-state index contributed by atoms with van der Waals surface area (Å²) in [7, 11) is 0. The van der Waals surface area contributed by atoms with Gasteiger partial charge in [-0.05, 0) is 55.1 Å². The first kappa shape index (κ1) is 20.0. The molecule has 0 unspecified atom stereocenters. The highest BCUT2D eigenvalue weighted by atomic mass is 16.3. The second-order valence-electron chi connectivity index (χ2n) is 10.2. The summed E-state index contributed by atoms with van der Waals surface area (Å²) in [6.45, 7) is 7.38. The minimum atomic E-state index is -1.61. The predicted octanol–water partition coefficient (Wildman–Crippen LogP) is 2.05. The van der Waals surface area contributed by atoms with Crippen LogP contribution in [-0.2, 0) is 9.59 Å². The molecule has 0 radical (unpaired) electrons. The molecule has 28 heavy (non-hydrogen) atoms. The Morgan fingerprint density at radius 1 is 1.25 bits per heavy atom. The van der Waals surface area contributed by atoms with Gasteiger partial charge in [-0.25, -0.2) is 0 Å². The number of hydrogen-bond donors (Lipinski definition) is 3. The molecule has 5 heteroatoms. The van der Waals surface area contributed by atoms with E-state index in [2.05, 4.69) is 13.8 Å². The first-order valence-corrected chi connectivity index (χ1v) is 10.5. The molecule has 0 aromatic rings. The monoisotopic (exact) mass is 388 g/mol. The fourth-order valence-corrected chi connectivity index (χ4v) is 7.80. The fourth-order valence-electron chi connectivity index (χ4n) is 7.80. The van der Waals surface area contributed by atoms with E-state index in [0.29, 0.717) is 12.8 Å². The van der Waals surface area contributed by atoms with Crippen LogP contribution in [0, 0.1) is 40.4 Å². The first-order valence-electron chi connectivity index (χ1n) is 10.5. The van der Waals surface area contributed by atoms with Crippen molar-refractivity contribution in [3.05, 3.63) is 23.8 Å². The average molecular weight is 389 g/mol. The van der Waals surface area contributed by atoms with E-state index in [9.17, 15) is 24.9 Å². The van der Waals surface area contributed by atoms with Gasteiger partial charge in [0.2, 0.25) is 0 Å². The highest BCUT2D eigenvalue weighted by Crippen LogP contribution is 2.68. The third kappa shape index (κ3) is 2.24. The Labute approximate surface area is 166 Å². The maximum atomic E-state index is 12.6. The van der Waals surface area contributed by atoms with Crippen molar-refractivity contribution in [3.8, 4) is 0 Å². The van der Waals surface area contributed by atoms with Gasteiger partial charge in [0.1, 0.15) is 12.2 Å². The topological polar surface area (TPSA) is 94.8 Å². The predicted molar refractivity (Wildman–Crippen MR) is 104 cm³/mol. The average Bonchev–Trinajstić information content (AvgIpc) is 2.83. The third-order valence-electron chi connectivity index (χ3n) is 8.97. The zero-order valence-corrected chi connectivity index (χ0v) is 17.2. The smallest absolute Gasteiger partial charge is 0.190 e. The van der Waals surface area contributed by atoms with Crippen LogP contribution in [0.4, 0.5) is 0 Å². The van der Waals surface area contributed by atoms with Crippen LogP contribution in [0.1, 0.15) is 47.0 Å². The molecule has 0 aromatic carbocycles. The number of aliphatic hydroxyl groups excluding tert-OH is 2. The number of fused-ring (bicyclic) bond motifs is 5. The second-order valence-corrected chi connectivity index (χ2v) is 10.2. The third-order valence-corrected chi connectivity index (χ3v) is 8.97. The van der Waals surface area contributed by atoms with Crippen LogP contribution in [-0.4, -0.2) is 45.2 Å². The summed E-state index contributed by atoms with van der Waals surface area (Å²) in [5.74, 6) is -0.408. The molecule has 154 valence electrons. The van der Waals surface area contributed by atoms with Gasteiger partial charge in [-0.2, -0.15) is 0 Å². The van der Waals surface area contributed by atoms with Crippen molar-refractivity contribution in [2.24, 2.45) is 40.4 Å². The van der Waals surface area contributed by atoms with Crippen LogP contribution < -0.4 is 0 Å². The molecule has 0 heterocycles. The lowest BCUT2D eigenvalue weighted by Gasteiger charge is -2.60. The van der Waals surface area contributed by atoms with Gasteiger partial charge < -0.3 is 15.3 Å². The van der Waals surface area contributed by atoms with Gasteiger partial charge in [0.15, 0.2) is 11.6 Å². The molecule has 5 nitrogen and oxygen atoms in total. The Morgan fingerprint density at radius 3 is 2.57 bits per heavy atom. The molecule has 3 saturated carbocycles. The summed E-state index contributed by atoms with van der Waals surface area (Å²) < 4.78 is 0. The number of hydrogen-bond acceptors (Lipinski definition) is 5. The number of aliphatic hydroxyl groups is 3. The highest BCUT2D eigenvalue weighted by Gasteiger charge is 2.70. The van der Waals surface area contributed by atoms with E-state index >= 15 is 0 Å². The molecule has 0 saturated heterocycles. The van der Waals surface area contributed by atoms with Gasteiger partial charge in [-0.15, -0.1) is 0 Å². The lowest BCUT2D eigenvalue weighted by atomic mass is 9.44. The maximum Gasteiger partial charge on any atom is 0.190 e. The van der Waals surface area contributed by atoms with Crippen LogP contribution >= 0.6 is 0 Å². The van der Waals surface area contributed by atoms with Crippen molar-refractivity contribution in [1.82, 2.24) is 0 Å². The molecule has 4 aliphatic carbocycles. The standard InChI is InChI=1S/C23H32O5/c1-12-7-15-17-8-13(2)23(28,19(27)11-24)22(17,4)10-18(26)20(15)21(3)6-5-14(25)9-16(12)21/h5-6,9,12-13,15,17-18,20,24,26,28H,7-8,10-11H2,1-4H3/t12-,13+,15-,17-,18-,20+,21-,22-,23-/m0/s1. The van der Waals surface area contributed by atoms with E-state index in [4.69, 9.17) is 0 Å². The van der Waals surface area contributed by atoms with Gasteiger partial charge in [0.25, 0.3) is 0 Å². The minimum Gasteiger partial charge on any atom is -0.393 e. The van der Waals surface area contributed by atoms with E-state index in [1.54, 1.807) is 12.2 Å². The Bertz CT molecular complexity index is 784. The number of allylic oxidation sites excluding steroid dienone is 4. The quantitative estimate of drug-likeness (QED) is 0.673. The lowest BCUT2D eigenvalue weighted by Crippen LogP contribution is -2.63. The van der Waals surface area contributed by atoms with Crippen LogP contribution in [0.3, 0.4) is 0 Å². The molecule has 3 fully saturated rings. The van der Waals surface area contributed by atoms with E-state index in [-0.39, 0.29) is 40.8 Å². The summed E-state index contributed by atoms with van der Waals surface area (Å²) >= 11 is 0.